The zero-order chi connectivity index (χ0) is 18.4. The van der Waals surface area contributed by atoms with Crippen molar-refractivity contribution in [1.82, 2.24) is 10.3 Å². The molecule has 0 aliphatic carbocycles. The third kappa shape index (κ3) is 16.9. The first-order valence-corrected chi connectivity index (χ1v) is 10.8. The van der Waals surface area contributed by atoms with Crippen molar-refractivity contribution in [1.29, 1.82) is 0 Å². The topological polar surface area (TPSA) is 109 Å². The smallest absolute Gasteiger partial charge is 0.394 e. The molecule has 1 aromatic rings. The number of ether oxygens (including phenoxy) is 1. The first kappa shape index (κ1) is 24.1. The van der Waals surface area contributed by atoms with E-state index in [1.807, 2.05) is 6.07 Å². The molecule has 0 aliphatic heterocycles. The molecule has 1 aromatic heterocycles. The van der Waals surface area contributed by atoms with Crippen LogP contribution >= 0.6 is 44.5 Å². The van der Waals surface area contributed by atoms with Crippen molar-refractivity contribution in [3.05, 3.63) is 21.2 Å². The highest BCUT2D eigenvalue weighted by Crippen LogP contribution is 2.25. The van der Waals surface area contributed by atoms with Gasteiger partial charge in [-0.25, -0.2) is 4.98 Å². The van der Waals surface area contributed by atoms with E-state index in [0.29, 0.717) is 5.88 Å². The first-order valence-electron chi connectivity index (χ1n) is 7.19. The molecule has 0 unspecified atom stereocenters. The van der Waals surface area contributed by atoms with E-state index in [2.05, 4.69) is 54.8 Å². The maximum absolute atomic E-state index is 8.74. The molecule has 1 rings (SSSR count). The van der Waals surface area contributed by atoms with Gasteiger partial charge in [0, 0.05) is 23.0 Å². The molecular formula is C13H22Br2N2O5S2. The third-order valence-corrected chi connectivity index (χ3v) is 3.77. The van der Waals surface area contributed by atoms with Crippen molar-refractivity contribution in [3.8, 4) is 5.88 Å². The largest absolute Gasteiger partial charge is 0.477 e. The molecule has 0 aliphatic rings. The number of unbranched alkanes of at least 4 members (excludes halogenated alkanes) is 3. The summed E-state index contributed by atoms with van der Waals surface area (Å²) in [4.78, 5) is 4.21. The molecular weight excluding hydrogens is 488 g/mol. The lowest BCUT2D eigenvalue weighted by Crippen LogP contribution is -2.17. The Balaban J connectivity index is 0.000000922. The number of nitrogens with one attached hydrogen (secondary N) is 1. The van der Waals surface area contributed by atoms with Crippen LogP contribution in [0.25, 0.3) is 0 Å². The minimum atomic E-state index is -4.67. The monoisotopic (exact) mass is 508 g/mol. The standard InChI is InChI=1S/C13H20Br2N2OS.H2O4S/c14-11-9-12(15)13(17-10-11)18-7-4-2-1-3-5-16-6-8-19;1-5(2,3)4/h9-10,16,19H,1-8H2;(H2,1,2,3,4). The lowest BCUT2D eigenvalue weighted by atomic mass is 10.2. The number of hydrogen-bond acceptors (Lipinski definition) is 6. The lowest BCUT2D eigenvalue weighted by molar-refractivity contribution is 0.291. The Labute approximate surface area is 165 Å². The van der Waals surface area contributed by atoms with Crippen molar-refractivity contribution in [3.63, 3.8) is 0 Å². The molecule has 0 radical (unpaired) electrons. The molecule has 24 heavy (non-hydrogen) atoms. The predicted octanol–water partition coefficient (Wildman–Crippen LogP) is 3.41. The van der Waals surface area contributed by atoms with Crippen molar-refractivity contribution in [2.45, 2.75) is 25.7 Å². The molecule has 3 N–H and O–H groups in total. The zero-order valence-corrected chi connectivity index (χ0v) is 17.9. The Morgan fingerprint density at radius 3 is 2.38 bits per heavy atom. The normalized spacial score (nSPS) is 10.9. The van der Waals surface area contributed by atoms with E-state index >= 15 is 0 Å². The van der Waals surface area contributed by atoms with Crippen molar-refractivity contribution in [2.24, 2.45) is 0 Å². The minimum Gasteiger partial charge on any atom is -0.477 e. The van der Waals surface area contributed by atoms with Gasteiger partial charge in [-0.1, -0.05) is 12.8 Å². The van der Waals surface area contributed by atoms with E-state index in [4.69, 9.17) is 22.3 Å². The van der Waals surface area contributed by atoms with Gasteiger partial charge in [0.2, 0.25) is 5.88 Å². The average molecular weight is 510 g/mol. The van der Waals surface area contributed by atoms with Crippen LogP contribution in [0.15, 0.2) is 21.2 Å². The third-order valence-electron chi connectivity index (χ3n) is 2.55. The average Bonchev–Trinajstić information content (AvgIpc) is 2.46. The highest BCUT2D eigenvalue weighted by molar-refractivity contribution is 9.11. The van der Waals surface area contributed by atoms with Gasteiger partial charge in [-0.3, -0.25) is 9.11 Å². The number of nitrogens with zero attached hydrogens (tertiary/aromatic N) is 1. The van der Waals surface area contributed by atoms with E-state index < -0.39 is 10.4 Å². The van der Waals surface area contributed by atoms with Gasteiger partial charge in [-0.2, -0.15) is 21.0 Å². The second-order valence-corrected chi connectivity index (χ2v) is 7.74. The van der Waals surface area contributed by atoms with Crippen LogP contribution in [0.1, 0.15) is 25.7 Å². The van der Waals surface area contributed by atoms with Gasteiger partial charge in [0.1, 0.15) is 0 Å². The van der Waals surface area contributed by atoms with E-state index in [9.17, 15) is 0 Å². The van der Waals surface area contributed by atoms with Crippen LogP contribution in [-0.4, -0.2) is 48.0 Å². The molecule has 0 spiro atoms. The van der Waals surface area contributed by atoms with E-state index in [-0.39, 0.29) is 0 Å². The Morgan fingerprint density at radius 1 is 1.17 bits per heavy atom. The van der Waals surface area contributed by atoms with Crippen LogP contribution in [0.5, 0.6) is 5.88 Å². The molecule has 1 heterocycles. The molecule has 7 nitrogen and oxygen atoms in total. The highest BCUT2D eigenvalue weighted by atomic mass is 79.9. The fourth-order valence-electron chi connectivity index (χ4n) is 1.59. The molecule has 11 heteroatoms. The second kappa shape index (κ2) is 14.3. The zero-order valence-electron chi connectivity index (χ0n) is 13.0. The SMILES string of the molecule is O=S(=O)(O)O.SCCNCCCCCCOc1ncc(Br)cc1Br. The van der Waals surface area contributed by atoms with Gasteiger partial charge < -0.3 is 10.1 Å². The second-order valence-electron chi connectivity index (χ2n) is 4.62. The summed E-state index contributed by atoms with van der Waals surface area (Å²) in [7, 11) is -4.67. The van der Waals surface area contributed by atoms with Crippen molar-refractivity contribution < 1.29 is 22.3 Å². The fraction of sp³-hybridized carbons (Fsp3) is 0.615. The quantitative estimate of drug-likeness (QED) is 0.217. The summed E-state index contributed by atoms with van der Waals surface area (Å²) in [6.07, 6.45) is 6.45. The van der Waals surface area contributed by atoms with Crippen LogP contribution in [0.4, 0.5) is 0 Å². The van der Waals surface area contributed by atoms with Gasteiger partial charge in [0.25, 0.3) is 0 Å². The maximum atomic E-state index is 8.74. The van der Waals surface area contributed by atoms with Crippen LogP contribution in [0.3, 0.4) is 0 Å². The van der Waals surface area contributed by atoms with Gasteiger partial charge in [-0.05, 0) is 57.3 Å². The molecule has 0 amide bonds. The van der Waals surface area contributed by atoms with Crippen LogP contribution in [0.2, 0.25) is 0 Å². The summed E-state index contributed by atoms with van der Waals surface area (Å²) >= 11 is 10.9. The van der Waals surface area contributed by atoms with E-state index in [1.54, 1.807) is 6.20 Å². The number of hydrogen-bond donors (Lipinski definition) is 4. The van der Waals surface area contributed by atoms with Gasteiger partial charge in [0.15, 0.2) is 0 Å². The summed E-state index contributed by atoms with van der Waals surface area (Å²) < 4.78 is 39.0. The predicted molar refractivity (Wildman–Crippen MR) is 105 cm³/mol. The van der Waals surface area contributed by atoms with Crippen LogP contribution < -0.4 is 10.1 Å². The highest BCUT2D eigenvalue weighted by Gasteiger charge is 2.02. The maximum Gasteiger partial charge on any atom is 0.394 e. The molecule has 140 valence electrons. The summed E-state index contributed by atoms with van der Waals surface area (Å²) in [5.74, 6) is 1.57. The fourth-order valence-corrected chi connectivity index (χ4v) is 2.85. The Hall–Kier alpha value is 0.0900. The Bertz CT molecular complexity index is 553. The molecule has 0 atom stereocenters. The number of aromatic nitrogens is 1. The molecule has 0 saturated heterocycles. The van der Waals surface area contributed by atoms with Crippen LogP contribution in [0, 0.1) is 0 Å². The van der Waals surface area contributed by atoms with Crippen molar-refractivity contribution in [2.75, 3.05) is 25.4 Å². The number of pyridine rings is 1. The Kier molecular flexibility index (Phi) is 14.3. The molecule has 0 saturated carbocycles. The summed E-state index contributed by atoms with van der Waals surface area (Å²) in [5.41, 5.74) is 0. The summed E-state index contributed by atoms with van der Waals surface area (Å²) in [6, 6.07) is 1.94. The number of thiol groups is 1. The summed E-state index contributed by atoms with van der Waals surface area (Å²) in [5, 5.41) is 3.34. The molecule has 0 fully saturated rings. The minimum absolute atomic E-state index is 0.665. The Morgan fingerprint density at radius 2 is 1.79 bits per heavy atom. The molecule has 0 bridgehead atoms. The van der Waals surface area contributed by atoms with E-state index in [1.165, 1.54) is 19.3 Å². The first-order chi connectivity index (χ1) is 11.2. The van der Waals surface area contributed by atoms with Crippen LogP contribution in [-0.2, 0) is 10.4 Å². The van der Waals surface area contributed by atoms with E-state index in [0.717, 1.165) is 40.8 Å². The van der Waals surface area contributed by atoms with Gasteiger partial charge >= 0.3 is 10.4 Å². The van der Waals surface area contributed by atoms with Gasteiger partial charge in [-0.15, -0.1) is 0 Å². The summed E-state index contributed by atoms with van der Waals surface area (Å²) in [6.45, 7) is 2.80. The lowest BCUT2D eigenvalue weighted by Gasteiger charge is -2.07. The number of halogens is 2. The molecule has 0 aromatic carbocycles. The van der Waals surface area contributed by atoms with Crippen molar-refractivity contribution >= 4 is 54.9 Å². The van der Waals surface area contributed by atoms with Gasteiger partial charge in [0.05, 0.1) is 11.1 Å². The number of rotatable bonds is 10.